The number of anilines is 1. The second-order valence-electron chi connectivity index (χ2n) is 9.32. The van der Waals surface area contributed by atoms with Gasteiger partial charge in [0.05, 0.1) is 12.4 Å². The van der Waals surface area contributed by atoms with E-state index in [2.05, 4.69) is 36.0 Å². The first-order chi connectivity index (χ1) is 14.6. The Morgan fingerprint density at radius 3 is 2.37 bits per heavy atom. The second kappa shape index (κ2) is 8.43. The lowest BCUT2D eigenvalue weighted by Crippen LogP contribution is -2.46. The molecule has 0 spiro atoms. The average molecular weight is 432 g/mol. The third kappa shape index (κ3) is 4.33. The molecule has 3 fully saturated rings. The van der Waals surface area contributed by atoms with E-state index in [1.165, 1.54) is 25.7 Å². The Balaban J connectivity index is 1.23. The van der Waals surface area contributed by atoms with Crippen molar-refractivity contribution in [3.05, 3.63) is 22.3 Å². The van der Waals surface area contributed by atoms with Gasteiger partial charge < -0.3 is 9.42 Å². The molecule has 0 radical (unpaired) electrons. The number of rotatable bonds is 6. The van der Waals surface area contributed by atoms with E-state index in [0.29, 0.717) is 6.04 Å². The van der Waals surface area contributed by atoms with E-state index >= 15 is 0 Å². The lowest BCUT2D eigenvalue weighted by Gasteiger charge is -2.33. The summed E-state index contributed by atoms with van der Waals surface area (Å²) in [7, 11) is 0. The van der Waals surface area contributed by atoms with Crippen LogP contribution in [0.3, 0.4) is 0 Å². The van der Waals surface area contributed by atoms with Crippen molar-refractivity contribution in [1.82, 2.24) is 29.3 Å². The Hall–Kier alpha value is -1.71. The standard InChI is InChI=1S/C21H33N7OS/c1-16-5-7-26(8-6-16)20-22-27(21(30)28(20)19-3-4-19)15-25-11-9-24(10-12-25)14-18-13-17(2)29-23-18/h13,16,19H,3-12,14-15H2,1-2H3. The number of aromatic nitrogens is 4. The topological polar surface area (TPSA) is 58.5 Å². The molecular formula is C21H33N7OS. The summed E-state index contributed by atoms with van der Waals surface area (Å²) < 4.78 is 10.5. The fraction of sp³-hybridized carbons (Fsp3) is 0.762. The van der Waals surface area contributed by atoms with Gasteiger partial charge in [0.2, 0.25) is 10.7 Å². The summed E-state index contributed by atoms with van der Waals surface area (Å²) in [5.41, 5.74) is 1.02. The molecule has 0 aromatic carbocycles. The molecular weight excluding hydrogens is 398 g/mol. The lowest BCUT2D eigenvalue weighted by molar-refractivity contribution is 0.0965. The van der Waals surface area contributed by atoms with Crippen molar-refractivity contribution >= 4 is 18.2 Å². The highest BCUT2D eigenvalue weighted by molar-refractivity contribution is 7.71. The van der Waals surface area contributed by atoms with Gasteiger partial charge in [-0.1, -0.05) is 12.1 Å². The van der Waals surface area contributed by atoms with Gasteiger partial charge in [0.15, 0.2) is 0 Å². The number of piperidine rings is 1. The molecule has 9 heteroatoms. The van der Waals surface area contributed by atoms with Gasteiger partial charge in [-0.05, 0) is 50.7 Å². The van der Waals surface area contributed by atoms with Crippen LogP contribution in [0.15, 0.2) is 10.6 Å². The van der Waals surface area contributed by atoms with Gasteiger partial charge in [-0.25, -0.2) is 4.68 Å². The third-order valence-electron chi connectivity index (χ3n) is 6.69. The number of hydrogen-bond donors (Lipinski definition) is 0. The molecule has 8 nitrogen and oxygen atoms in total. The smallest absolute Gasteiger partial charge is 0.226 e. The molecule has 2 aliphatic heterocycles. The van der Waals surface area contributed by atoms with Crippen LogP contribution in [0.4, 0.5) is 5.95 Å². The van der Waals surface area contributed by atoms with Gasteiger partial charge in [0, 0.05) is 57.9 Å². The lowest BCUT2D eigenvalue weighted by atomic mass is 10.00. The maximum Gasteiger partial charge on any atom is 0.226 e. The summed E-state index contributed by atoms with van der Waals surface area (Å²) >= 11 is 5.88. The summed E-state index contributed by atoms with van der Waals surface area (Å²) in [6.07, 6.45) is 4.96. The summed E-state index contributed by atoms with van der Waals surface area (Å²) in [4.78, 5) is 7.37. The predicted molar refractivity (Wildman–Crippen MR) is 118 cm³/mol. The molecule has 2 saturated heterocycles. The summed E-state index contributed by atoms with van der Waals surface area (Å²) in [5.74, 6) is 2.80. The minimum absolute atomic E-state index is 0.559. The van der Waals surface area contributed by atoms with Crippen LogP contribution in [-0.4, -0.2) is 68.6 Å². The number of aryl methyl sites for hydroxylation is 1. The van der Waals surface area contributed by atoms with Crippen LogP contribution in [0.2, 0.25) is 0 Å². The molecule has 0 bridgehead atoms. The SMILES string of the molecule is Cc1cc(CN2CCN(Cn3nc(N4CCC(C)CC4)n(C4CC4)c3=S)CC2)no1. The fourth-order valence-electron chi connectivity index (χ4n) is 4.58. The zero-order valence-electron chi connectivity index (χ0n) is 18.2. The number of hydrogen-bond acceptors (Lipinski definition) is 7. The molecule has 3 aliphatic rings. The van der Waals surface area contributed by atoms with Crippen molar-refractivity contribution < 1.29 is 4.52 Å². The van der Waals surface area contributed by atoms with Gasteiger partial charge in [-0.15, -0.1) is 5.10 Å². The van der Waals surface area contributed by atoms with Crippen LogP contribution in [0, 0.1) is 17.6 Å². The van der Waals surface area contributed by atoms with Crippen molar-refractivity contribution in [3.8, 4) is 0 Å². The van der Waals surface area contributed by atoms with Crippen molar-refractivity contribution in [2.75, 3.05) is 44.2 Å². The molecule has 1 aliphatic carbocycles. The van der Waals surface area contributed by atoms with Gasteiger partial charge in [0.25, 0.3) is 0 Å². The molecule has 2 aromatic rings. The van der Waals surface area contributed by atoms with E-state index in [9.17, 15) is 0 Å². The van der Waals surface area contributed by atoms with E-state index in [0.717, 1.165) is 80.6 Å². The molecule has 0 unspecified atom stereocenters. The molecule has 164 valence electrons. The Bertz CT molecular complexity index is 914. The highest BCUT2D eigenvalue weighted by Gasteiger charge is 2.32. The average Bonchev–Trinajstić information content (AvgIpc) is 3.42. The zero-order valence-corrected chi connectivity index (χ0v) is 19.0. The number of nitrogens with zero attached hydrogens (tertiary/aromatic N) is 7. The van der Waals surface area contributed by atoms with Crippen molar-refractivity contribution in [2.45, 2.75) is 58.8 Å². The van der Waals surface area contributed by atoms with Crippen LogP contribution < -0.4 is 4.90 Å². The first-order valence-corrected chi connectivity index (χ1v) is 11.8. The monoisotopic (exact) mass is 431 g/mol. The van der Waals surface area contributed by atoms with Crippen molar-refractivity contribution in [2.24, 2.45) is 5.92 Å². The Morgan fingerprint density at radius 1 is 1.03 bits per heavy atom. The molecule has 0 N–H and O–H groups in total. The minimum atomic E-state index is 0.559. The van der Waals surface area contributed by atoms with Gasteiger partial charge in [-0.3, -0.25) is 14.4 Å². The largest absolute Gasteiger partial charge is 0.361 e. The van der Waals surface area contributed by atoms with Gasteiger partial charge >= 0.3 is 0 Å². The zero-order chi connectivity index (χ0) is 20.7. The van der Waals surface area contributed by atoms with Crippen LogP contribution in [0.25, 0.3) is 0 Å². The van der Waals surface area contributed by atoms with Gasteiger partial charge in [0.1, 0.15) is 5.76 Å². The first kappa shape index (κ1) is 20.2. The van der Waals surface area contributed by atoms with Crippen molar-refractivity contribution in [3.63, 3.8) is 0 Å². The molecule has 5 rings (SSSR count). The predicted octanol–water partition coefficient (Wildman–Crippen LogP) is 3.06. The van der Waals surface area contributed by atoms with Gasteiger partial charge in [-0.2, -0.15) is 0 Å². The Kier molecular flexibility index (Phi) is 5.68. The third-order valence-corrected chi connectivity index (χ3v) is 7.10. The quantitative estimate of drug-likeness (QED) is 0.652. The summed E-state index contributed by atoms with van der Waals surface area (Å²) in [6.45, 7) is 12.2. The Labute approximate surface area is 183 Å². The minimum Gasteiger partial charge on any atom is -0.361 e. The van der Waals surface area contributed by atoms with E-state index in [-0.39, 0.29) is 0 Å². The Morgan fingerprint density at radius 2 is 1.73 bits per heavy atom. The maximum atomic E-state index is 5.88. The normalized spacial score (nSPS) is 22.1. The van der Waals surface area contributed by atoms with Crippen molar-refractivity contribution in [1.29, 1.82) is 0 Å². The number of piperazine rings is 1. The summed E-state index contributed by atoms with van der Waals surface area (Å²) in [6, 6.07) is 2.59. The maximum absolute atomic E-state index is 5.88. The van der Waals surface area contributed by atoms with E-state index in [4.69, 9.17) is 21.8 Å². The van der Waals surface area contributed by atoms with Crippen LogP contribution in [0.1, 0.15) is 50.1 Å². The molecule has 1 saturated carbocycles. The molecule has 0 atom stereocenters. The highest BCUT2D eigenvalue weighted by atomic mass is 32.1. The van der Waals surface area contributed by atoms with Crippen LogP contribution in [0.5, 0.6) is 0 Å². The first-order valence-electron chi connectivity index (χ1n) is 11.4. The molecule has 0 amide bonds. The molecule has 4 heterocycles. The van der Waals surface area contributed by atoms with E-state index in [1.54, 1.807) is 0 Å². The van der Waals surface area contributed by atoms with E-state index in [1.807, 2.05) is 13.0 Å². The highest BCUT2D eigenvalue weighted by Crippen LogP contribution is 2.39. The fourth-order valence-corrected chi connectivity index (χ4v) is 4.91. The van der Waals surface area contributed by atoms with Crippen LogP contribution >= 0.6 is 12.2 Å². The second-order valence-corrected chi connectivity index (χ2v) is 9.68. The molecule has 30 heavy (non-hydrogen) atoms. The molecule has 2 aromatic heterocycles. The summed E-state index contributed by atoms with van der Waals surface area (Å²) in [5, 5.41) is 9.15. The van der Waals surface area contributed by atoms with Crippen LogP contribution in [-0.2, 0) is 13.2 Å². The van der Waals surface area contributed by atoms with E-state index < -0.39 is 0 Å².